The van der Waals surface area contributed by atoms with Gasteiger partial charge in [0.15, 0.2) is 5.96 Å². The van der Waals surface area contributed by atoms with Crippen LogP contribution in [0, 0.1) is 0 Å². The SMILES string of the molecule is CCN(CC)C(N)=NCc1ccc(Br)cc1C(F)(F)F.I. The van der Waals surface area contributed by atoms with Gasteiger partial charge in [-0.2, -0.15) is 13.2 Å². The van der Waals surface area contributed by atoms with Crippen LogP contribution in [0.1, 0.15) is 25.0 Å². The molecule has 0 unspecified atom stereocenters. The largest absolute Gasteiger partial charge is 0.416 e. The van der Waals surface area contributed by atoms with Crippen LogP contribution in [0.15, 0.2) is 27.7 Å². The van der Waals surface area contributed by atoms with Gasteiger partial charge in [0, 0.05) is 17.6 Å². The summed E-state index contributed by atoms with van der Waals surface area (Å²) in [4.78, 5) is 5.83. The second-order valence-corrected chi connectivity index (χ2v) is 5.06. The Hall–Kier alpha value is -0.510. The zero-order valence-corrected chi connectivity index (χ0v) is 15.7. The standard InChI is InChI=1S/C13H17BrF3N3.HI/c1-3-20(4-2)12(18)19-8-9-5-6-10(14)7-11(9)13(15,16)17;/h5-7H,3-4,8H2,1-2H3,(H2,18,19);1H. The van der Waals surface area contributed by atoms with Gasteiger partial charge in [0.05, 0.1) is 12.1 Å². The van der Waals surface area contributed by atoms with Gasteiger partial charge in [-0.1, -0.05) is 22.0 Å². The molecule has 0 aliphatic carbocycles. The summed E-state index contributed by atoms with van der Waals surface area (Å²) < 4.78 is 39.2. The summed E-state index contributed by atoms with van der Waals surface area (Å²) in [5.74, 6) is 0.256. The zero-order valence-electron chi connectivity index (χ0n) is 11.7. The Kier molecular flexibility index (Phi) is 8.60. The molecule has 0 aromatic heterocycles. The molecular weight excluding hydrogens is 462 g/mol. The van der Waals surface area contributed by atoms with Crippen molar-refractivity contribution >= 4 is 45.9 Å². The van der Waals surface area contributed by atoms with E-state index >= 15 is 0 Å². The Balaban J connectivity index is 0.00000400. The average Bonchev–Trinajstić information content (AvgIpc) is 2.37. The van der Waals surface area contributed by atoms with Crippen molar-refractivity contribution in [2.24, 2.45) is 10.7 Å². The van der Waals surface area contributed by atoms with Gasteiger partial charge in [0.1, 0.15) is 0 Å². The van der Waals surface area contributed by atoms with Crippen LogP contribution in [0.5, 0.6) is 0 Å². The Morgan fingerprint density at radius 2 is 1.86 bits per heavy atom. The number of halogens is 5. The minimum atomic E-state index is -4.40. The molecule has 0 saturated carbocycles. The van der Waals surface area contributed by atoms with Crippen LogP contribution in [-0.4, -0.2) is 23.9 Å². The molecule has 120 valence electrons. The van der Waals surface area contributed by atoms with Gasteiger partial charge in [-0.3, -0.25) is 0 Å². The van der Waals surface area contributed by atoms with E-state index in [4.69, 9.17) is 5.73 Å². The number of hydrogen-bond acceptors (Lipinski definition) is 1. The van der Waals surface area contributed by atoms with E-state index < -0.39 is 11.7 Å². The Morgan fingerprint density at radius 3 is 2.33 bits per heavy atom. The maximum absolute atomic E-state index is 12.9. The highest BCUT2D eigenvalue weighted by Gasteiger charge is 2.33. The van der Waals surface area contributed by atoms with E-state index in [-0.39, 0.29) is 42.0 Å². The Bertz CT molecular complexity index is 488. The Labute approximate surface area is 147 Å². The first-order valence-corrected chi connectivity index (χ1v) is 6.99. The van der Waals surface area contributed by atoms with E-state index in [0.717, 1.165) is 6.07 Å². The molecule has 3 nitrogen and oxygen atoms in total. The number of benzene rings is 1. The van der Waals surface area contributed by atoms with E-state index in [9.17, 15) is 13.2 Å². The van der Waals surface area contributed by atoms with Gasteiger partial charge >= 0.3 is 6.18 Å². The fourth-order valence-electron chi connectivity index (χ4n) is 1.76. The van der Waals surface area contributed by atoms with Crippen LogP contribution in [0.25, 0.3) is 0 Å². The van der Waals surface area contributed by atoms with Crippen molar-refractivity contribution in [3.8, 4) is 0 Å². The third kappa shape index (κ3) is 6.01. The summed E-state index contributed by atoms with van der Waals surface area (Å²) in [7, 11) is 0. The van der Waals surface area contributed by atoms with Gasteiger partial charge in [0.2, 0.25) is 0 Å². The molecule has 0 aliphatic heterocycles. The van der Waals surface area contributed by atoms with Crippen LogP contribution < -0.4 is 5.73 Å². The first kappa shape index (κ1) is 20.5. The molecule has 0 bridgehead atoms. The molecule has 0 amide bonds. The predicted molar refractivity (Wildman–Crippen MR) is 92.8 cm³/mol. The highest BCUT2D eigenvalue weighted by molar-refractivity contribution is 14.0. The predicted octanol–water partition coefficient (Wildman–Crippen LogP) is 4.24. The number of guanidine groups is 1. The normalized spacial score (nSPS) is 12.0. The van der Waals surface area contributed by atoms with Gasteiger partial charge in [-0.15, -0.1) is 24.0 Å². The van der Waals surface area contributed by atoms with E-state index in [1.807, 2.05) is 13.8 Å². The Morgan fingerprint density at radius 1 is 1.29 bits per heavy atom. The molecule has 0 radical (unpaired) electrons. The van der Waals surface area contributed by atoms with Crippen molar-refractivity contribution in [1.29, 1.82) is 0 Å². The third-order valence-electron chi connectivity index (χ3n) is 2.88. The number of nitrogens with zero attached hydrogens (tertiary/aromatic N) is 2. The first-order valence-electron chi connectivity index (χ1n) is 6.20. The van der Waals surface area contributed by atoms with E-state index in [2.05, 4.69) is 20.9 Å². The smallest absolute Gasteiger partial charge is 0.370 e. The molecule has 1 aromatic rings. The summed E-state index contributed by atoms with van der Waals surface area (Å²) in [6.07, 6.45) is -4.40. The molecule has 0 heterocycles. The number of rotatable bonds is 4. The maximum atomic E-state index is 12.9. The number of hydrogen-bond donors (Lipinski definition) is 1. The summed E-state index contributed by atoms with van der Waals surface area (Å²) in [6, 6.07) is 4.03. The number of alkyl halides is 3. The van der Waals surface area contributed by atoms with Crippen LogP contribution in [-0.2, 0) is 12.7 Å². The van der Waals surface area contributed by atoms with Crippen molar-refractivity contribution in [3.63, 3.8) is 0 Å². The van der Waals surface area contributed by atoms with Gasteiger partial charge in [-0.25, -0.2) is 4.99 Å². The molecule has 2 N–H and O–H groups in total. The summed E-state index contributed by atoms with van der Waals surface area (Å²) in [6.45, 7) is 5.06. The molecule has 0 saturated heterocycles. The molecule has 8 heteroatoms. The maximum Gasteiger partial charge on any atom is 0.416 e. The summed E-state index contributed by atoms with van der Waals surface area (Å²) in [5.41, 5.74) is 5.18. The molecule has 1 rings (SSSR count). The van der Waals surface area contributed by atoms with Crippen molar-refractivity contribution in [3.05, 3.63) is 33.8 Å². The highest BCUT2D eigenvalue weighted by atomic mass is 127. The monoisotopic (exact) mass is 479 g/mol. The van der Waals surface area contributed by atoms with E-state index in [0.29, 0.717) is 17.6 Å². The van der Waals surface area contributed by atoms with Crippen molar-refractivity contribution < 1.29 is 13.2 Å². The third-order valence-corrected chi connectivity index (χ3v) is 3.37. The molecule has 0 aliphatic rings. The molecule has 0 spiro atoms. The zero-order chi connectivity index (χ0) is 15.3. The molecule has 1 aromatic carbocycles. The second-order valence-electron chi connectivity index (χ2n) is 4.15. The van der Waals surface area contributed by atoms with Gasteiger partial charge < -0.3 is 10.6 Å². The van der Waals surface area contributed by atoms with Crippen molar-refractivity contribution in [2.45, 2.75) is 26.6 Å². The molecular formula is C13H18BrF3IN3. The summed E-state index contributed by atoms with van der Waals surface area (Å²) in [5, 5.41) is 0. The lowest BCUT2D eigenvalue weighted by Crippen LogP contribution is -2.37. The van der Waals surface area contributed by atoms with E-state index in [1.54, 1.807) is 11.0 Å². The number of nitrogens with two attached hydrogens (primary N) is 1. The minimum absolute atomic E-state index is 0. The quantitative estimate of drug-likeness (QED) is 0.398. The van der Waals surface area contributed by atoms with E-state index in [1.165, 1.54) is 6.07 Å². The van der Waals surface area contributed by atoms with Gasteiger partial charge in [0.25, 0.3) is 0 Å². The molecule has 0 atom stereocenters. The van der Waals surface area contributed by atoms with Crippen molar-refractivity contribution in [2.75, 3.05) is 13.1 Å². The topological polar surface area (TPSA) is 41.6 Å². The first-order chi connectivity index (χ1) is 9.29. The molecule has 0 fully saturated rings. The van der Waals surface area contributed by atoms with Crippen LogP contribution in [0.4, 0.5) is 13.2 Å². The lowest BCUT2D eigenvalue weighted by Gasteiger charge is -2.19. The van der Waals surface area contributed by atoms with Gasteiger partial charge in [-0.05, 0) is 31.5 Å². The fraction of sp³-hybridized carbons (Fsp3) is 0.462. The van der Waals surface area contributed by atoms with Crippen molar-refractivity contribution in [1.82, 2.24) is 4.90 Å². The average molecular weight is 480 g/mol. The highest BCUT2D eigenvalue weighted by Crippen LogP contribution is 2.34. The fourth-order valence-corrected chi connectivity index (χ4v) is 2.13. The lowest BCUT2D eigenvalue weighted by atomic mass is 10.1. The second kappa shape index (κ2) is 8.82. The summed E-state index contributed by atoms with van der Waals surface area (Å²) >= 11 is 3.05. The minimum Gasteiger partial charge on any atom is -0.370 e. The van der Waals surface area contributed by atoms with Crippen LogP contribution in [0.3, 0.4) is 0 Å². The van der Waals surface area contributed by atoms with Crippen LogP contribution >= 0.6 is 39.9 Å². The van der Waals surface area contributed by atoms with Crippen LogP contribution in [0.2, 0.25) is 0 Å². The lowest BCUT2D eigenvalue weighted by molar-refractivity contribution is -0.138. The molecule has 21 heavy (non-hydrogen) atoms. The number of aliphatic imine (C=N–C) groups is 1.